The molecule has 2 aliphatic heterocycles. The molecular weight excluding hydrogens is 573 g/mol. The summed E-state index contributed by atoms with van der Waals surface area (Å²) in [6, 6.07) is -0.666. The Morgan fingerprint density at radius 2 is 2.06 bits per heavy atom. The number of thioether (sulfide) groups is 2. The lowest BCUT2D eigenvalue weighted by Crippen LogP contribution is -2.74. The number of aromatic nitrogens is 5. The third kappa shape index (κ3) is 7.13. The van der Waals surface area contributed by atoms with E-state index in [1.54, 1.807) is 10.1 Å². The number of hydrogen-bond acceptors (Lipinski definition) is 12. The topological polar surface area (TPSA) is 181 Å². The molecule has 0 bridgehead atoms. The number of aryl methyl sites for hydroxylation is 1. The number of nitrogens with one attached hydrogen (secondary N) is 2. The zero-order valence-electron chi connectivity index (χ0n) is 19.7. The molecule has 0 saturated carbocycles. The lowest BCUT2D eigenvalue weighted by molar-refractivity contribution is -0.157. The minimum Gasteiger partial charge on any atom is -0.481 e. The maximum atomic E-state index is 12.7. The number of nitrogens with two attached hydrogens (primary N) is 1. The molecule has 2 unspecified atom stereocenters. The second kappa shape index (κ2) is 14.2. The molecule has 2 amide bonds. The van der Waals surface area contributed by atoms with Crippen molar-refractivity contribution in [1.82, 2.24) is 40.7 Å². The van der Waals surface area contributed by atoms with Crippen molar-refractivity contribution in [2.24, 2.45) is 5.41 Å². The van der Waals surface area contributed by atoms with Crippen molar-refractivity contribution in [3.63, 3.8) is 0 Å². The predicted molar refractivity (Wildman–Crippen MR) is 144 cm³/mol. The van der Waals surface area contributed by atoms with E-state index in [0.717, 1.165) is 0 Å². The molecule has 4 rings (SSSR count). The standard InChI is InChI=1S/C16H20N8O4S3.C2H7N.2ClH/c1-2-24-15(20-21-22-24)31-7-16(13(27)28)5-23-11(26)10(12(23)30-6-16)19-9(25)3-8-4-29-14(17)18-8;1-3-2;;/h4,10,12H,2-3,5-7H2,1H3,(H2,17,18)(H,19,25)(H,27,28);3H,1-2H3;2*1H/t10?,12-,16?;;;/m1.../s1. The van der Waals surface area contributed by atoms with Crippen LogP contribution in [-0.2, 0) is 27.3 Å². The summed E-state index contributed by atoms with van der Waals surface area (Å²) in [7, 11) is 3.75. The summed E-state index contributed by atoms with van der Waals surface area (Å²) in [5.74, 6) is -1.03. The van der Waals surface area contributed by atoms with E-state index in [2.05, 4.69) is 31.1 Å². The third-order valence-electron chi connectivity index (χ3n) is 5.10. The first-order chi connectivity index (χ1) is 16.2. The summed E-state index contributed by atoms with van der Waals surface area (Å²) < 4.78 is 1.59. The Labute approximate surface area is 232 Å². The second-order valence-corrected chi connectivity index (χ2v) is 10.7. The summed E-state index contributed by atoms with van der Waals surface area (Å²) in [4.78, 5) is 42.6. The first kappa shape index (κ1) is 32.2. The number of anilines is 1. The van der Waals surface area contributed by atoms with Crippen molar-refractivity contribution in [1.29, 1.82) is 0 Å². The number of nitrogens with zero attached hydrogens (tertiary/aromatic N) is 6. The Bertz CT molecular complexity index is 1040. The molecular formula is C18H29Cl2N9O4S3. The number of fused-ring (bicyclic) bond motifs is 1. The van der Waals surface area contributed by atoms with Gasteiger partial charge in [-0.1, -0.05) is 11.8 Å². The average molecular weight is 603 g/mol. The SMILES string of the molecule is CCn1nnnc1SCC1(C(=O)O)CS[C@@H]2C(NC(=O)Cc3csc(N)n3)C(=O)N2C1.CNC.Cl.Cl. The van der Waals surface area contributed by atoms with Crippen LogP contribution >= 0.6 is 59.7 Å². The van der Waals surface area contributed by atoms with Crippen molar-refractivity contribution in [3.05, 3.63) is 11.1 Å². The van der Waals surface area contributed by atoms with E-state index < -0.39 is 17.4 Å². The fourth-order valence-corrected chi connectivity index (χ4v) is 6.76. The van der Waals surface area contributed by atoms with E-state index in [0.29, 0.717) is 28.3 Å². The fraction of sp³-hybridized carbons (Fsp3) is 0.611. The Kier molecular flexibility index (Phi) is 12.7. The monoisotopic (exact) mass is 601 g/mol. The molecule has 5 N–H and O–H groups in total. The number of carboxylic acids is 1. The first-order valence-electron chi connectivity index (χ1n) is 10.4. The van der Waals surface area contributed by atoms with Gasteiger partial charge in [0.1, 0.15) is 16.8 Å². The van der Waals surface area contributed by atoms with Crippen LogP contribution in [0.1, 0.15) is 12.6 Å². The number of carbonyl (C=O) groups excluding carboxylic acids is 2. The van der Waals surface area contributed by atoms with E-state index in [-0.39, 0.29) is 60.7 Å². The van der Waals surface area contributed by atoms with Gasteiger partial charge >= 0.3 is 5.97 Å². The lowest BCUT2D eigenvalue weighted by Gasteiger charge is -2.53. The number of β-lactam (4-membered cyclic amide) rings is 1. The molecule has 2 aliphatic rings. The molecule has 202 valence electrons. The highest BCUT2D eigenvalue weighted by Gasteiger charge is 2.57. The molecule has 13 nitrogen and oxygen atoms in total. The summed E-state index contributed by atoms with van der Waals surface area (Å²) in [6.45, 7) is 2.55. The first-order valence-corrected chi connectivity index (χ1v) is 13.3. The maximum absolute atomic E-state index is 12.7. The number of thiazole rings is 1. The van der Waals surface area contributed by atoms with Crippen LogP contribution < -0.4 is 16.4 Å². The highest BCUT2D eigenvalue weighted by molar-refractivity contribution is 8.00. The molecule has 18 heteroatoms. The Balaban J connectivity index is 0.00000123. The Morgan fingerprint density at radius 3 is 2.64 bits per heavy atom. The highest BCUT2D eigenvalue weighted by Crippen LogP contribution is 2.44. The summed E-state index contributed by atoms with van der Waals surface area (Å²) in [5.41, 5.74) is 5.00. The van der Waals surface area contributed by atoms with Crippen LogP contribution in [-0.4, -0.2) is 96.5 Å². The van der Waals surface area contributed by atoms with Gasteiger partial charge in [-0.25, -0.2) is 9.67 Å². The number of halogens is 2. The van der Waals surface area contributed by atoms with Crippen LogP contribution in [0.4, 0.5) is 5.13 Å². The molecule has 3 atom stereocenters. The second-order valence-electron chi connectivity index (χ2n) is 7.72. The van der Waals surface area contributed by atoms with Gasteiger partial charge in [-0.15, -0.1) is 53.0 Å². The molecule has 2 aromatic heterocycles. The third-order valence-corrected chi connectivity index (χ3v) is 8.66. The lowest BCUT2D eigenvalue weighted by atomic mass is 9.89. The number of amides is 2. The number of rotatable bonds is 8. The van der Waals surface area contributed by atoms with Gasteiger partial charge in [-0.05, 0) is 31.4 Å². The van der Waals surface area contributed by atoms with Gasteiger partial charge in [0.05, 0.1) is 12.1 Å². The number of aliphatic carboxylic acids is 1. The molecule has 2 saturated heterocycles. The van der Waals surface area contributed by atoms with Gasteiger partial charge in [0.2, 0.25) is 17.0 Å². The van der Waals surface area contributed by atoms with Crippen molar-refractivity contribution >= 4 is 82.6 Å². The largest absolute Gasteiger partial charge is 0.481 e. The van der Waals surface area contributed by atoms with Crippen LogP contribution in [0.25, 0.3) is 0 Å². The van der Waals surface area contributed by atoms with Gasteiger partial charge in [0.25, 0.3) is 0 Å². The van der Waals surface area contributed by atoms with Gasteiger partial charge < -0.3 is 26.4 Å². The van der Waals surface area contributed by atoms with E-state index >= 15 is 0 Å². The van der Waals surface area contributed by atoms with E-state index in [1.807, 2.05) is 21.0 Å². The zero-order chi connectivity index (χ0) is 24.9. The summed E-state index contributed by atoms with van der Waals surface area (Å²) in [5, 5.41) is 29.2. The molecule has 0 aliphatic carbocycles. The van der Waals surface area contributed by atoms with Crippen LogP contribution in [0.5, 0.6) is 0 Å². The fourth-order valence-electron chi connectivity index (χ4n) is 3.40. The maximum Gasteiger partial charge on any atom is 0.313 e. The molecule has 2 aromatic rings. The van der Waals surface area contributed by atoms with E-state index in [4.69, 9.17) is 5.73 Å². The predicted octanol–water partition coefficient (Wildman–Crippen LogP) is 0.217. The number of hydrogen-bond donors (Lipinski definition) is 4. The van der Waals surface area contributed by atoms with Crippen LogP contribution in [0.15, 0.2) is 10.5 Å². The van der Waals surface area contributed by atoms with Crippen molar-refractivity contribution in [2.75, 3.05) is 37.9 Å². The molecule has 0 radical (unpaired) electrons. The van der Waals surface area contributed by atoms with Gasteiger partial charge in [0.15, 0.2) is 5.13 Å². The van der Waals surface area contributed by atoms with Crippen molar-refractivity contribution in [2.45, 2.75) is 36.5 Å². The quantitative estimate of drug-likeness (QED) is 0.239. The minimum atomic E-state index is -1.13. The summed E-state index contributed by atoms with van der Waals surface area (Å²) >= 11 is 3.88. The van der Waals surface area contributed by atoms with Gasteiger partial charge in [-0.3, -0.25) is 14.4 Å². The smallest absolute Gasteiger partial charge is 0.313 e. The molecule has 36 heavy (non-hydrogen) atoms. The number of carboxylic acid groups (broad SMARTS) is 1. The minimum absolute atomic E-state index is 0. The zero-order valence-corrected chi connectivity index (χ0v) is 23.8. The number of carbonyl (C=O) groups is 3. The Hall–Kier alpha value is -1.85. The van der Waals surface area contributed by atoms with E-state index in [9.17, 15) is 19.5 Å². The van der Waals surface area contributed by atoms with Crippen LogP contribution in [0.2, 0.25) is 0 Å². The van der Waals surface area contributed by atoms with Crippen molar-refractivity contribution in [3.8, 4) is 0 Å². The average Bonchev–Trinajstić information content (AvgIpc) is 3.44. The van der Waals surface area contributed by atoms with Gasteiger partial charge in [-0.2, -0.15) is 0 Å². The molecule has 0 aromatic carbocycles. The molecule has 4 heterocycles. The highest BCUT2D eigenvalue weighted by atomic mass is 35.5. The van der Waals surface area contributed by atoms with Crippen LogP contribution in [0.3, 0.4) is 0 Å². The van der Waals surface area contributed by atoms with Gasteiger partial charge in [0, 0.05) is 30.0 Å². The van der Waals surface area contributed by atoms with E-state index in [1.165, 1.54) is 39.8 Å². The summed E-state index contributed by atoms with van der Waals surface area (Å²) in [6.07, 6.45) is 0.0384. The Morgan fingerprint density at radius 1 is 1.36 bits per heavy atom. The van der Waals surface area contributed by atoms with Crippen LogP contribution in [0, 0.1) is 5.41 Å². The molecule has 0 spiro atoms. The van der Waals surface area contributed by atoms with Crippen molar-refractivity contribution < 1.29 is 19.5 Å². The number of tetrazole rings is 1. The normalized spacial score (nSPS) is 22.1. The molecule has 2 fully saturated rings. The number of nitrogen functional groups attached to an aromatic ring is 1.